The fourth-order valence-corrected chi connectivity index (χ4v) is 5.62. The van der Waals surface area contributed by atoms with Crippen LogP contribution in [-0.2, 0) is 18.8 Å². The number of benzene rings is 1. The van der Waals surface area contributed by atoms with Crippen molar-refractivity contribution >= 4 is 34.4 Å². The quantitative estimate of drug-likeness (QED) is 0.295. The molecule has 4 aromatic rings. The lowest BCUT2D eigenvalue weighted by atomic mass is 10.2. The smallest absolute Gasteiger partial charge is 0.191 e. The zero-order valence-electron chi connectivity index (χ0n) is 16.7. The van der Waals surface area contributed by atoms with Crippen LogP contribution in [0.25, 0.3) is 0 Å². The number of thiazole rings is 1. The van der Waals surface area contributed by atoms with E-state index < -0.39 is 0 Å². The van der Waals surface area contributed by atoms with Crippen molar-refractivity contribution in [3.8, 4) is 5.75 Å². The summed E-state index contributed by atoms with van der Waals surface area (Å²) in [7, 11) is 0. The maximum Gasteiger partial charge on any atom is 0.191 e. The molecular formula is C22H22N4OS3. The van der Waals surface area contributed by atoms with Gasteiger partial charge in [0.05, 0.1) is 5.69 Å². The Morgan fingerprint density at radius 3 is 2.77 bits per heavy atom. The van der Waals surface area contributed by atoms with Gasteiger partial charge in [0, 0.05) is 28.5 Å². The Morgan fingerprint density at radius 1 is 1.13 bits per heavy atom. The summed E-state index contributed by atoms with van der Waals surface area (Å²) < 4.78 is 8.20. The summed E-state index contributed by atoms with van der Waals surface area (Å²) >= 11 is 5.15. The van der Waals surface area contributed by atoms with Gasteiger partial charge in [-0.15, -0.1) is 32.9 Å². The summed E-state index contributed by atoms with van der Waals surface area (Å²) in [6.45, 7) is 2.57. The highest BCUT2D eigenvalue weighted by Crippen LogP contribution is 2.39. The minimum Gasteiger partial charge on any atom is -0.486 e. The lowest BCUT2D eigenvalue weighted by molar-refractivity contribution is 0.305. The molecule has 0 saturated heterocycles. The van der Waals surface area contributed by atoms with Gasteiger partial charge in [-0.3, -0.25) is 0 Å². The molecule has 0 N–H and O–H groups in total. The molecule has 0 radical (unpaired) electrons. The largest absolute Gasteiger partial charge is 0.486 e. The minimum atomic E-state index is 0.502. The van der Waals surface area contributed by atoms with Gasteiger partial charge in [0.15, 0.2) is 5.16 Å². The van der Waals surface area contributed by atoms with Crippen molar-refractivity contribution in [2.75, 3.05) is 0 Å². The third kappa shape index (κ3) is 4.77. The predicted molar refractivity (Wildman–Crippen MR) is 123 cm³/mol. The van der Waals surface area contributed by atoms with Crippen molar-refractivity contribution in [3.63, 3.8) is 0 Å². The summed E-state index contributed by atoms with van der Waals surface area (Å²) in [5.74, 6) is 2.75. The minimum absolute atomic E-state index is 0.502. The molecule has 1 aliphatic carbocycles. The standard InChI is InChI=1S/C22H22N4OS3/c1-15-4-8-18(9-5-15)27-12-21-23-16(13-29-21)14-30-22-25-24-20(26(22)17-6-7-17)11-19-3-2-10-28-19/h2-5,8-10,13,17H,6-7,11-12,14H2,1H3. The zero-order chi connectivity index (χ0) is 20.3. The fourth-order valence-electron chi connectivity index (χ4n) is 3.19. The molecule has 30 heavy (non-hydrogen) atoms. The Kier molecular flexibility index (Phi) is 5.88. The average molecular weight is 455 g/mol. The molecule has 0 atom stereocenters. The monoisotopic (exact) mass is 454 g/mol. The van der Waals surface area contributed by atoms with E-state index in [0.29, 0.717) is 12.6 Å². The predicted octanol–water partition coefficient (Wildman–Crippen LogP) is 5.90. The maximum atomic E-state index is 5.85. The van der Waals surface area contributed by atoms with E-state index in [9.17, 15) is 0 Å². The topological polar surface area (TPSA) is 52.8 Å². The van der Waals surface area contributed by atoms with Crippen LogP contribution in [0.3, 0.4) is 0 Å². The molecule has 1 aromatic carbocycles. The molecule has 1 aliphatic rings. The van der Waals surface area contributed by atoms with Crippen molar-refractivity contribution < 1.29 is 4.74 Å². The SMILES string of the molecule is Cc1ccc(OCc2nc(CSc3nnc(Cc4cccs4)n3C3CC3)cs2)cc1. The van der Waals surface area contributed by atoms with Crippen molar-refractivity contribution in [1.29, 1.82) is 0 Å². The lowest BCUT2D eigenvalue weighted by Gasteiger charge is -2.07. The summed E-state index contributed by atoms with van der Waals surface area (Å²) in [6, 6.07) is 12.9. The Morgan fingerprint density at radius 2 is 2.00 bits per heavy atom. The molecular weight excluding hydrogens is 432 g/mol. The van der Waals surface area contributed by atoms with Gasteiger partial charge in [0.1, 0.15) is 23.2 Å². The van der Waals surface area contributed by atoms with Crippen LogP contribution >= 0.6 is 34.4 Å². The van der Waals surface area contributed by atoms with Crippen LogP contribution in [0, 0.1) is 6.92 Å². The number of rotatable bonds is 9. The van der Waals surface area contributed by atoms with Crippen LogP contribution in [0.5, 0.6) is 5.75 Å². The third-order valence-electron chi connectivity index (χ3n) is 4.89. The van der Waals surface area contributed by atoms with Crippen LogP contribution in [0.15, 0.2) is 52.3 Å². The van der Waals surface area contributed by atoms with Gasteiger partial charge in [-0.1, -0.05) is 35.5 Å². The van der Waals surface area contributed by atoms with Gasteiger partial charge in [0.2, 0.25) is 0 Å². The molecule has 1 saturated carbocycles. The van der Waals surface area contributed by atoms with Crippen molar-refractivity contribution in [1.82, 2.24) is 19.7 Å². The second-order valence-electron chi connectivity index (χ2n) is 7.38. The van der Waals surface area contributed by atoms with Crippen LogP contribution in [0.2, 0.25) is 0 Å². The van der Waals surface area contributed by atoms with Gasteiger partial charge in [0.25, 0.3) is 0 Å². The molecule has 1 fully saturated rings. The molecule has 0 bridgehead atoms. The molecule has 0 amide bonds. The number of nitrogens with zero attached hydrogens (tertiary/aromatic N) is 4. The molecule has 3 aromatic heterocycles. The highest BCUT2D eigenvalue weighted by molar-refractivity contribution is 7.98. The van der Waals surface area contributed by atoms with Crippen LogP contribution < -0.4 is 4.74 Å². The van der Waals surface area contributed by atoms with Crippen molar-refractivity contribution in [2.45, 2.75) is 49.7 Å². The highest BCUT2D eigenvalue weighted by Gasteiger charge is 2.29. The molecule has 0 unspecified atom stereocenters. The van der Waals surface area contributed by atoms with Gasteiger partial charge < -0.3 is 9.30 Å². The Hall–Kier alpha value is -2.16. The highest BCUT2D eigenvalue weighted by atomic mass is 32.2. The second-order valence-corrected chi connectivity index (χ2v) is 10.3. The first-order chi connectivity index (χ1) is 14.7. The first kappa shape index (κ1) is 19.8. The number of hydrogen-bond acceptors (Lipinski definition) is 7. The van der Waals surface area contributed by atoms with E-state index in [0.717, 1.165) is 39.6 Å². The van der Waals surface area contributed by atoms with Gasteiger partial charge in [-0.05, 0) is 43.3 Å². The summed E-state index contributed by atoms with van der Waals surface area (Å²) in [5, 5.41) is 15.2. The number of hydrogen-bond donors (Lipinski definition) is 0. The Bertz CT molecular complexity index is 1100. The molecule has 8 heteroatoms. The van der Waals surface area contributed by atoms with Crippen molar-refractivity contribution in [2.24, 2.45) is 0 Å². The number of thiophene rings is 1. The number of ether oxygens (including phenoxy) is 1. The normalized spacial score (nSPS) is 13.6. The van der Waals surface area contributed by atoms with Gasteiger partial charge in [-0.25, -0.2) is 4.98 Å². The fraction of sp³-hybridized carbons (Fsp3) is 0.318. The zero-order valence-corrected chi connectivity index (χ0v) is 19.1. The summed E-state index contributed by atoms with van der Waals surface area (Å²) in [5.41, 5.74) is 2.30. The Balaban J connectivity index is 1.20. The van der Waals surface area contributed by atoms with Gasteiger partial charge >= 0.3 is 0 Å². The van der Waals surface area contributed by atoms with Gasteiger partial charge in [-0.2, -0.15) is 0 Å². The van der Waals surface area contributed by atoms with E-state index >= 15 is 0 Å². The molecule has 0 spiro atoms. The number of thioether (sulfide) groups is 1. The molecule has 5 nitrogen and oxygen atoms in total. The van der Waals surface area contributed by atoms with Crippen molar-refractivity contribution in [3.05, 3.63) is 74.1 Å². The average Bonchev–Trinajstić information content (AvgIpc) is 3.14. The van der Waals surface area contributed by atoms with E-state index in [-0.39, 0.29) is 0 Å². The van der Waals surface area contributed by atoms with E-state index in [1.54, 1.807) is 34.4 Å². The third-order valence-corrected chi connectivity index (χ3v) is 7.62. The summed E-state index contributed by atoms with van der Waals surface area (Å²) in [6.07, 6.45) is 3.30. The Labute approximate surface area is 188 Å². The van der Waals surface area contributed by atoms with Crippen LogP contribution in [-0.4, -0.2) is 19.7 Å². The molecule has 3 heterocycles. The van der Waals surface area contributed by atoms with E-state index in [2.05, 4.69) is 56.7 Å². The lowest BCUT2D eigenvalue weighted by Crippen LogP contribution is -2.03. The molecule has 5 rings (SSSR count). The first-order valence-corrected chi connectivity index (χ1v) is 12.7. The molecule has 0 aliphatic heterocycles. The van der Waals surface area contributed by atoms with Crippen LogP contribution in [0.4, 0.5) is 0 Å². The number of aryl methyl sites for hydroxylation is 1. The maximum absolute atomic E-state index is 5.85. The second kappa shape index (κ2) is 8.91. The van der Waals surface area contributed by atoms with E-state index in [1.165, 1.54) is 23.3 Å². The molecule has 154 valence electrons. The van der Waals surface area contributed by atoms with Crippen LogP contribution in [0.1, 0.15) is 45.9 Å². The number of aromatic nitrogens is 4. The van der Waals surface area contributed by atoms with E-state index in [1.807, 2.05) is 12.1 Å². The van der Waals surface area contributed by atoms with E-state index in [4.69, 9.17) is 9.72 Å². The summed E-state index contributed by atoms with van der Waals surface area (Å²) in [4.78, 5) is 6.06. The first-order valence-electron chi connectivity index (χ1n) is 9.96.